The number of hydrogen-bond donors (Lipinski definition) is 1. The fourth-order valence-corrected chi connectivity index (χ4v) is 2.23. The molecule has 19 heavy (non-hydrogen) atoms. The van der Waals surface area contributed by atoms with E-state index in [-0.39, 0.29) is 0 Å². The van der Waals surface area contributed by atoms with Gasteiger partial charge in [-0.3, -0.25) is 9.69 Å². The standard InChI is InChI=1S/C14H20N2O3/c1-18-13-10-11(14(15)17)4-5-12(13)19-9-8-16-6-2-3-7-16/h4-5,10H,2-3,6-9H2,1H3,(H2,15,17). The van der Waals surface area contributed by atoms with Gasteiger partial charge in [0.1, 0.15) is 6.61 Å². The van der Waals surface area contributed by atoms with Crippen LogP contribution in [0, 0.1) is 0 Å². The summed E-state index contributed by atoms with van der Waals surface area (Å²) in [4.78, 5) is 13.5. The van der Waals surface area contributed by atoms with Crippen molar-refractivity contribution < 1.29 is 14.3 Å². The second kappa shape index (κ2) is 6.43. The van der Waals surface area contributed by atoms with E-state index in [0.717, 1.165) is 19.6 Å². The zero-order chi connectivity index (χ0) is 13.7. The fourth-order valence-electron chi connectivity index (χ4n) is 2.23. The van der Waals surface area contributed by atoms with E-state index in [0.29, 0.717) is 23.7 Å². The van der Waals surface area contributed by atoms with Crippen LogP contribution < -0.4 is 15.2 Å². The number of likely N-dealkylation sites (tertiary alicyclic amines) is 1. The van der Waals surface area contributed by atoms with Gasteiger partial charge in [-0.05, 0) is 44.1 Å². The van der Waals surface area contributed by atoms with Gasteiger partial charge in [0.05, 0.1) is 7.11 Å². The molecule has 5 heteroatoms. The summed E-state index contributed by atoms with van der Waals surface area (Å²) in [5.41, 5.74) is 5.65. The van der Waals surface area contributed by atoms with E-state index in [1.54, 1.807) is 25.3 Å². The van der Waals surface area contributed by atoms with Crippen LogP contribution in [0.2, 0.25) is 0 Å². The van der Waals surface area contributed by atoms with Crippen molar-refractivity contribution in [2.45, 2.75) is 12.8 Å². The summed E-state index contributed by atoms with van der Waals surface area (Å²) in [6.45, 7) is 3.84. The lowest BCUT2D eigenvalue weighted by Gasteiger charge is -2.16. The maximum atomic E-state index is 11.1. The molecule has 0 saturated carbocycles. The average molecular weight is 264 g/mol. The molecule has 1 aliphatic rings. The third-order valence-electron chi connectivity index (χ3n) is 3.31. The fraction of sp³-hybridized carbons (Fsp3) is 0.500. The molecule has 1 aromatic rings. The molecule has 5 nitrogen and oxygen atoms in total. The molecule has 104 valence electrons. The number of nitrogens with two attached hydrogens (primary N) is 1. The number of benzene rings is 1. The van der Waals surface area contributed by atoms with Crippen LogP contribution in [0.1, 0.15) is 23.2 Å². The highest BCUT2D eigenvalue weighted by Crippen LogP contribution is 2.27. The number of carbonyl (C=O) groups is 1. The number of nitrogens with zero attached hydrogens (tertiary/aromatic N) is 1. The number of methoxy groups -OCH3 is 1. The zero-order valence-corrected chi connectivity index (χ0v) is 11.2. The van der Waals surface area contributed by atoms with Crippen LogP contribution in [-0.4, -0.2) is 44.2 Å². The first-order valence-electron chi connectivity index (χ1n) is 6.53. The summed E-state index contributed by atoms with van der Waals surface area (Å²) < 4.78 is 10.9. The van der Waals surface area contributed by atoms with Crippen molar-refractivity contribution in [3.63, 3.8) is 0 Å². The van der Waals surface area contributed by atoms with Gasteiger partial charge >= 0.3 is 0 Å². The van der Waals surface area contributed by atoms with Crippen LogP contribution in [0.5, 0.6) is 11.5 Å². The van der Waals surface area contributed by atoms with E-state index >= 15 is 0 Å². The van der Waals surface area contributed by atoms with Gasteiger partial charge in [-0.25, -0.2) is 0 Å². The van der Waals surface area contributed by atoms with E-state index in [2.05, 4.69) is 4.90 Å². The van der Waals surface area contributed by atoms with Crippen molar-refractivity contribution in [2.75, 3.05) is 33.4 Å². The predicted molar refractivity (Wildman–Crippen MR) is 72.7 cm³/mol. The highest BCUT2D eigenvalue weighted by Gasteiger charge is 2.12. The molecule has 1 saturated heterocycles. The van der Waals surface area contributed by atoms with E-state index in [4.69, 9.17) is 15.2 Å². The molecular weight excluding hydrogens is 244 g/mol. The first-order chi connectivity index (χ1) is 9.20. The topological polar surface area (TPSA) is 64.8 Å². The van der Waals surface area contributed by atoms with Crippen molar-refractivity contribution in [3.8, 4) is 11.5 Å². The quantitative estimate of drug-likeness (QED) is 0.840. The molecule has 0 spiro atoms. The van der Waals surface area contributed by atoms with Crippen molar-refractivity contribution in [3.05, 3.63) is 23.8 Å². The number of rotatable bonds is 6. The van der Waals surface area contributed by atoms with Gasteiger partial charge in [0, 0.05) is 12.1 Å². The molecule has 2 N–H and O–H groups in total. The largest absolute Gasteiger partial charge is 0.493 e. The average Bonchev–Trinajstić information content (AvgIpc) is 2.92. The van der Waals surface area contributed by atoms with Crippen molar-refractivity contribution >= 4 is 5.91 Å². The number of hydrogen-bond acceptors (Lipinski definition) is 4. The minimum atomic E-state index is -0.470. The van der Waals surface area contributed by atoms with E-state index in [1.165, 1.54) is 12.8 Å². The van der Waals surface area contributed by atoms with Crippen LogP contribution in [0.15, 0.2) is 18.2 Å². The monoisotopic (exact) mass is 264 g/mol. The Hall–Kier alpha value is -1.75. The molecule has 0 bridgehead atoms. The summed E-state index contributed by atoms with van der Waals surface area (Å²) >= 11 is 0. The zero-order valence-electron chi connectivity index (χ0n) is 11.2. The Morgan fingerprint density at radius 1 is 1.32 bits per heavy atom. The van der Waals surface area contributed by atoms with Crippen LogP contribution in [0.3, 0.4) is 0 Å². The first kappa shape index (κ1) is 13.7. The van der Waals surface area contributed by atoms with Crippen LogP contribution in [0.4, 0.5) is 0 Å². The summed E-state index contributed by atoms with van der Waals surface area (Å²) in [5.74, 6) is 0.714. The molecule has 1 aromatic carbocycles. The Morgan fingerprint density at radius 3 is 2.68 bits per heavy atom. The number of carbonyl (C=O) groups excluding carboxylic acids is 1. The number of ether oxygens (including phenoxy) is 2. The SMILES string of the molecule is COc1cc(C(N)=O)ccc1OCCN1CCCC1. The second-order valence-electron chi connectivity index (χ2n) is 4.63. The van der Waals surface area contributed by atoms with Crippen molar-refractivity contribution in [1.82, 2.24) is 4.90 Å². The number of primary amides is 1. The summed E-state index contributed by atoms with van der Waals surface area (Å²) in [7, 11) is 1.55. The molecule has 0 aromatic heterocycles. The normalized spacial score (nSPS) is 15.4. The molecule has 1 aliphatic heterocycles. The van der Waals surface area contributed by atoms with Crippen LogP contribution in [-0.2, 0) is 0 Å². The third-order valence-corrected chi connectivity index (χ3v) is 3.31. The van der Waals surface area contributed by atoms with Gasteiger partial charge in [-0.1, -0.05) is 0 Å². The molecule has 0 atom stereocenters. The first-order valence-corrected chi connectivity index (χ1v) is 6.53. The van der Waals surface area contributed by atoms with Crippen LogP contribution in [0.25, 0.3) is 0 Å². The van der Waals surface area contributed by atoms with E-state index < -0.39 is 5.91 Å². The molecular formula is C14H20N2O3. The smallest absolute Gasteiger partial charge is 0.248 e. The highest BCUT2D eigenvalue weighted by molar-refractivity contribution is 5.93. The summed E-state index contributed by atoms with van der Waals surface area (Å²) in [5, 5.41) is 0. The molecule has 1 fully saturated rings. The molecule has 0 radical (unpaired) electrons. The van der Waals surface area contributed by atoms with Gasteiger partial charge in [0.25, 0.3) is 0 Å². The minimum absolute atomic E-state index is 0.420. The van der Waals surface area contributed by atoms with Gasteiger partial charge in [-0.2, -0.15) is 0 Å². The maximum absolute atomic E-state index is 11.1. The Balaban J connectivity index is 1.93. The molecule has 0 aliphatic carbocycles. The molecule has 1 heterocycles. The van der Waals surface area contributed by atoms with Crippen molar-refractivity contribution in [1.29, 1.82) is 0 Å². The van der Waals surface area contributed by atoms with Crippen molar-refractivity contribution in [2.24, 2.45) is 5.73 Å². The lowest BCUT2D eigenvalue weighted by molar-refractivity contribution is 0.1000. The Morgan fingerprint density at radius 2 is 2.05 bits per heavy atom. The third kappa shape index (κ3) is 3.61. The molecule has 0 unspecified atom stereocenters. The highest BCUT2D eigenvalue weighted by atomic mass is 16.5. The Bertz CT molecular complexity index is 442. The second-order valence-corrected chi connectivity index (χ2v) is 4.63. The van der Waals surface area contributed by atoms with E-state index in [1.807, 2.05) is 0 Å². The number of amides is 1. The van der Waals surface area contributed by atoms with Crippen LogP contribution >= 0.6 is 0 Å². The lowest BCUT2D eigenvalue weighted by atomic mass is 10.2. The Labute approximate surface area is 113 Å². The Kier molecular flexibility index (Phi) is 4.63. The molecule has 1 amide bonds. The van der Waals surface area contributed by atoms with Gasteiger partial charge < -0.3 is 15.2 Å². The molecule has 2 rings (SSSR count). The predicted octanol–water partition coefficient (Wildman–Crippen LogP) is 1.27. The summed E-state index contributed by atoms with van der Waals surface area (Å²) in [6.07, 6.45) is 2.55. The summed E-state index contributed by atoms with van der Waals surface area (Å²) in [6, 6.07) is 4.98. The van der Waals surface area contributed by atoms with Gasteiger partial charge in [-0.15, -0.1) is 0 Å². The minimum Gasteiger partial charge on any atom is -0.493 e. The van der Waals surface area contributed by atoms with Gasteiger partial charge in [0.2, 0.25) is 5.91 Å². The van der Waals surface area contributed by atoms with E-state index in [9.17, 15) is 4.79 Å². The lowest BCUT2D eigenvalue weighted by Crippen LogP contribution is -2.25. The maximum Gasteiger partial charge on any atom is 0.248 e. The van der Waals surface area contributed by atoms with Gasteiger partial charge in [0.15, 0.2) is 11.5 Å².